The molecule has 0 spiro atoms. The molecule has 1 saturated heterocycles. The number of rotatable bonds is 6. The van der Waals surface area contributed by atoms with Gasteiger partial charge in [-0.25, -0.2) is 4.98 Å². The Kier molecular flexibility index (Phi) is 7.05. The Morgan fingerprint density at radius 1 is 1.12 bits per heavy atom. The van der Waals surface area contributed by atoms with Crippen molar-refractivity contribution in [2.45, 2.75) is 32.4 Å². The van der Waals surface area contributed by atoms with E-state index < -0.39 is 0 Å². The second-order valence-corrected chi connectivity index (χ2v) is 9.12. The predicted molar refractivity (Wildman–Crippen MR) is 130 cm³/mol. The monoisotopic (exact) mass is 467 g/mol. The molecule has 0 aliphatic carbocycles. The van der Waals surface area contributed by atoms with E-state index in [0.29, 0.717) is 16.6 Å². The van der Waals surface area contributed by atoms with Crippen molar-refractivity contribution in [2.75, 3.05) is 31.1 Å². The first-order valence-corrected chi connectivity index (χ1v) is 11.7. The number of halogens is 2. The van der Waals surface area contributed by atoms with Crippen molar-refractivity contribution < 1.29 is 0 Å². The van der Waals surface area contributed by atoms with Crippen LogP contribution in [0.1, 0.15) is 42.9 Å². The number of aromatic nitrogens is 2. The van der Waals surface area contributed by atoms with Crippen LogP contribution in [-0.2, 0) is 6.42 Å². The third-order valence-corrected chi connectivity index (χ3v) is 6.66. The molecular weight excluding hydrogens is 441 g/mol. The molecule has 0 N–H and O–H groups in total. The molecule has 166 valence electrons. The highest BCUT2D eigenvalue weighted by atomic mass is 35.5. The SMILES string of the molecule is CCc1nccn1C(C)CN1CCN(c2ccc(Cl)cc2C#N)C(c2ccc(Cl)cc2)C1. The average molecular weight is 468 g/mol. The summed E-state index contributed by atoms with van der Waals surface area (Å²) in [7, 11) is 0. The van der Waals surface area contributed by atoms with Gasteiger partial charge in [0.2, 0.25) is 0 Å². The fourth-order valence-corrected chi connectivity index (χ4v) is 4.89. The molecule has 1 aromatic heterocycles. The zero-order valence-electron chi connectivity index (χ0n) is 18.4. The largest absolute Gasteiger partial charge is 0.361 e. The Hall–Kier alpha value is -2.52. The number of hydrogen-bond acceptors (Lipinski definition) is 4. The van der Waals surface area contributed by atoms with Crippen LogP contribution in [0.3, 0.4) is 0 Å². The van der Waals surface area contributed by atoms with Crippen molar-refractivity contribution >= 4 is 28.9 Å². The molecule has 0 saturated carbocycles. The lowest BCUT2D eigenvalue weighted by atomic mass is 9.99. The van der Waals surface area contributed by atoms with Gasteiger partial charge in [0.15, 0.2) is 0 Å². The maximum atomic E-state index is 9.72. The number of imidazole rings is 1. The van der Waals surface area contributed by atoms with E-state index in [9.17, 15) is 5.26 Å². The summed E-state index contributed by atoms with van der Waals surface area (Å²) >= 11 is 12.3. The number of aryl methyl sites for hydroxylation is 1. The third-order valence-electron chi connectivity index (χ3n) is 6.17. The summed E-state index contributed by atoms with van der Waals surface area (Å²) in [4.78, 5) is 9.31. The number of hydrogen-bond donors (Lipinski definition) is 0. The van der Waals surface area contributed by atoms with Gasteiger partial charge >= 0.3 is 0 Å². The van der Waals surface area contributed by atoms with Crippen LogP contribution < -0.4 is 4.90 Å². The minimum atomic E-state index is 0.106. The molecule has 7 heteroatoms. The molecule has 32 heavy (non-hydrogen) atoms. The Morgan fingerprint density at radius 3 is 2.59 bits per heavy atom. The van der Waals surface area contributed by atoms with Crippen LogP contribution in [0.2, 0.25) is 10.0 Å². The molecule has 4 rings (SSSR count). The number of nitrogens with zero attached hydrogens (tertiary/aromatic N) is 5. The average Bonchev–Trinajstić information content (AvgIpc) is 3.29. The van der Waals surface area contributed by atoms with Gasteiger partial charge in [0.25, 0.3) is 0 Å². The van der Waals surface area contributed by atoms with Gasteiger partial charge in [0, 0.05) is 61.1 Å². The first-order valence-electron chi connectivity index (χ1n) is 11.0. The van der Waals surface area contributed by atoms with E-state index in [0.717, 1.165) is 49.1 Å². The van der Waals surface area contributed by atoms with E-state index in [2.05, 4.69) is 57.6 Å². The smallest absolute Gasteiger partial charge is 0.108 e. The van der Waals surface area contributed by atoms with Crippen molar-refractivity contribution in [3.63, 3.8) is 0 Å². The second-order valence-electron chi connectivity index (χ2n) is 8.25. The molecule has 0 amide bonds. The van der Waals surface area contributed by atoms with Crippen molar-refractivity contribution in [3.8, 4) is 6.07 Å². The Balaban J connectivity index is 1.61. The normalized spacial score (nSPS) is 17.8. The minimum absolute atomic E-state index is 0.106. The summed E-state index contributed by atoms with van der Waals surface area (Å²) in [5.41, 5.74) is 2.71. The fraction of sp³-hybridized carbons (Fsp3) is 0.360. The van der Waals surface area contributed by atoms with E-state index in [1.54, 1.807) is 6.07 Å². The van der Waals surface area contributed by atoms with E-state index >= 15 is 0 Å². The second kappa shape index (κ2) is 9.95. The number of anilines is 1. The van der Waals surface area contributed by atoms with Crippen LogP contribution in [-0.4, -0.2) is 40.6 Å². The predicted octanol–water partition coefficient (Wildman–Crippen LogP) is 5.75. The van der Waals surface area contributed by atoms with E-state index in [1.807, 2.05) is 30.5 Å². The van der Waals surface area contributed by atoms with Gasteiger partial charge in [-0.3, -0.25) is 4.90 Å². The number of nitriles is 1. The fourth-order valence-electron chi connectivity index (χ4n) is 4.59. The Bertz CT molecular complexity index is 1100. The van der Waals surface area contributed by atoms with Crippen LogP contribution >= 0.6 is 23.2 Å². The van der Waals surface area contributed by atoms with Crippen LogP contribution in [0, 0.1) is 11.3 Å². The molecule has 2 aromatic carbocycles. The molecule has 3 aromatic rings. The molecule has 1 aliphatic heterocycles. The molecule has 0 radical (unpaired) electrons. The highest BCUT2D eigenvalue weighted by molar-refractivity contribution is 6.31. The van der Waals surface area contributed by atoms with E-state index in [4.69, 9.17) is 23.2 Å². The van der Waals surface area contributed by atoms with Crippen molar-refractivity contribution in [1.29, 1.82) is 5.26 Å². The lowest BCUT2D eigenvalue weighted by Crippen LogP contribution is -2.50. The summed E-state index contributed by atoms with van der Waals surface area (Å²) in [6, 6.07) is 16.3. The van der Waals surface area contributed by atoms with Gasteiger partial charge in [-0.2, -0.15) is 5.26 Å². The third kappa shape index (κ3) is 4.78. The number of piperazine rings is 1. The van der Waals surface area contributed by atoms with Gasteiger partial charge in [-0.15, -0.1) is 0 Å². The summed E-state index contributed by atoms with van der Waals surface area (Å²) in [5, 5.41) is 11.0. The quantitative estimate of drug-likeness (QED) is 0.462. The molecular formula is C25H27Cl2N5. The summed E-state index contributed by atoms with van der Waals surface area (Å²) in [6.07, 6.45) is 4.88. The van der Waals surface area contributed by atoms with Crippen molar-refractivity contribution in [1.82, 2.24) is 14.5 Å². The van der Waals surface area contributed by atoms with Crippen LogP contribution in [0.25, 0.3) is 0 Å². The van der Waals surface area contributed by atoms with Gasteiger partial charge in [-0.1, -0.05) is 42.3 Å². The molecule has 1 fully saturated rings. The Morgan fingerprint density at radius 2 is 1.88 bits per heavy atom. The van der Waals surface area contributed by atoms with Gasteiger partial charge in [-0.05, 0) is 42.8 Å². The topological polar surface area (TPSA) is 48.1 Å². The van der Waals surface area contributed by atoms with Gasteiger partial charge < -0.3 is 9.47 Å². The first-order chi connectivity index (χ1) is 15.5. The maximum absolute atomic E-state index is 9.72. The first kappa shape index (κ1) is 22.7. The van der Waals surface area contributed by atoms with E-state index in [-0.39, 0.29) is 6.04 Å². The highest BCUT2D eigenvalue weighted by Gasteiger charge is 2.30. The molecule has 2 atom stereocenters. The lowest BCUT2D eigenvalue weighted by Gasteiger charge is -2.44. The minimum Gasteiger partial charge on any atom is -0.361 e. The van der Waals surface area contributed by atoms with Crippen molar-refractivity contribution in [2.24, 2.45) is 0 Å². The Labute approximate surface area is 199 Å². The zero-order chi connectivity index (χ0) is 22.7. The summed E-state index contributed by atoms with van der Waals surface area (Å²) in [5.74, 6) is 1.12. The maximum Gasteiger partial charge on any atom is 0.108 e. The molecule has 0 bridgehead atoms. The molecule has 5 nitrogen and oxygen atoms in total. The molecule has 1 aliphatic rings. The number of benzene rings is 2. The van der Waals surface area contributed by atoms with Gasteiger partial charge in [0.05, 0.1) is 17.3 Å². The summed E-state index contributed by atoms with van der Waals surface area (Å²) < 4.78 is 2.27. The summed E-state index contributed by atoms with van der Waals surface area (Å²) in [6.45, 7) is 7.92. The standard InChI is InChI=1S/C25H27Cl2N5/c1-3-25-29-10-11-31(25)18(2)16-30-12-13-32(23-9-8-22(27)14-20(23)15-28)24(17-30)19-4-6-21(26)7-5-19/h4-11,14,18,24H,3,12-13,16-17H2,1-2H3. The zero-order valence-corrected chi connectivity index (χ0v) is 19.9. The van der Waals surface area contributed by atoms with Crippen LogP contribution in [0.15, 0.2) is 54.9 Å². The lowest BCUT2D eigenvalue weighted by molar-refractivity contribution is 0.196. The molecule has 2 unspecified atom stereocenters. The van der Waals surface area contributed by atoms with E-state index in [1.165, 1.54) is 5.56 Å². The van der Waals surface area contributed by atoms with Crippen LogP contribution in [0.5, 0.6) is 0 Å². The van der Waals surface area contributed by atoms with Gasteiger partial charge in [0.1, 0.15) is 11.9 Å². The van der Waals surface area contributed by atoms with Crippen molar-refractivity contribution in [3.05, 3.63) is 81.9 Å². The molecule has 2 heterocycles. The van der Waals surface area contributed by atoms with Crippen LogP contribution in [0.4, 0.5) is 5.69 Å². The highest BCUT2D eigenvalue weighted by Crippen LogP contribution is 2.34.